The van der Waals surface area contributed by atoms with E-state index in [1.807, 2.05) is 0 Å². The highest BCUT2D eigenvalue weighted by Gasteiger charge is 2.27. The average molecular weight is 216 g/mol. The Kier molecular flexibility index (Phi) is 5.53. The van der Waals surface area contributed by atoms with Gasteiger partial charge in [0.25, 0.3) is 0 Å². The summed E-state index contributed by atoms with van der Waals surface area (Å²) in [5.41, 5.74) is 0. The van der Waals surface area contributed by atoms with Gasteiger partial charge in [-0.2, -0.15) is 0 Å². The number of aliphatic hydroxyl groups excluding tert-OH is 1. The van der Waals surface area contributed by atoms with E-state index in [4.69, 9.17) is 9.84 Å². The molecular formula is C11H24N2O2. The van der Waals surface area contributed by atoms with Crippen LogP contribution in [0.2, 0.25) is 0 Å². The molecule has 3 unspecified atom stereocenters. The van der Waals surface area contributed by atoms with Crippen LogP contribution in [0.25, 0.3) is 0 Å². The Morgan fingerprint density at radius 3 is 2.80 bits per heavy atom. The van der Waals surface area contributed by atoms with E-state index in [1.54, 1.807) is 7.11 Å². The number of hydrogen-bond donors (Lipinski definition) is 2. The Hall–Kier alpha value is -0.160. The topological polar surface area (TPSA) is 44.7 Å². The number of methoxy groups -OCH3 is 1. The van der Waals surface area contributed by atoms with E-state index in [1.165, 1.54) is 6.42 Å². The quantitative estimate of drug-likeness (QED) is 0.659. The number of nitrogens with zero attached hydrogens (tertiary/aromatic N) is 1. The Morgan fingerprint density at radius 2 is 2.33 bits per heavy atom. The number of aliphatic hydroxyl groups is 1. The van der Waals surface area contributed by atoms with Crippen molar-refractivity contribution in [3.05, 3.63) is 0 Å². The molecule has 1 aliphatic rings. The van der Waals surface area contributed by atoms with Gasteiger partial charge in [-0.05, 0) is 26.8 Å². The summed E-state index contributed by atoms with van der Waals surface area (Å²) < 4.78 is 5.13. The second-order valence-electron chi connectivity index (χ2n) is 4.55. The summed E-state index contributed by atoms with van der Waals surface area (Å²) in [5.74, 6) is 0. The molecule has 0 aromatic heterocycles. The molecule has 1 rings (SSSR count). The van der Waals surface area contributed by atoms with Crippen LogP contribution in [0.3, 0.4) is 0 Å². The van der Waals surface area contributed by atoms with Crippen molar-refractivity contribution in [3.8, 4) is 0 Å². The largest absolute Gasteiger partial charge is 0.396 e. The number of likely N-dealkylation sites (N-methyl/N-ethyl adjacent to an activating group) is 1. The summed E-state index contributed by atoms with van der Waals surface area (Å²) in [6, 6.07) is 1.47. The van der Waals surface area contributed by atoms with E-state index >= 15 is 0 Å². The lowest BCUT2D eigenvalue weighted by Crippen LogP contribution is -2.42. The molecule has 0 aromatic rings. The van der Waals surface area contributed by atoms with E-state index in [-0.39, 0.29) is 12.6 Å². The van der Waals surface area contributed by atoms with Gasteiger partial charge in [0, 0.05) is 38.4 Å². The minimum Gasteiger partial charge on any atom is -0.396 e. The molecule has 0 amide bonds. The van der Waals surface area contributed by atoms with Crippen molar-refractivity contribution < 1.29 is 9.84 Å². The zero-order valence-corrected chi connectivity index (χ0v) is 10.1. The summed E-state index contributed by atoms with van der Waals surface area (Å²) >= 11 is 0. The Morgan fingerprint density at radius 1 is 1.60 bits per heavy atom. The second kappa shape index (κ2) is 6.43. The average Bonchev–Trinajstić information content (AvgIpc) is 2.47. The van der Waals surface area contributed by atoms with Gasteiger partial charge in [0.15, 0.2) is 0 Å². The first-order valence-corrected chi connectivity index (χ1v) is 5.73. The van der Waals surface area contributed by atoms with Crippen molar-refractivity contribution in [1.82, 2.24) is 10.2 Å². The molecule has 1 heterocycles. The third kappa shape index (κ3) is 4.07. The Bertz CT molecular complexity index is 162. The molecule has 0 aromatic carbocycles. The van der Waals surface area contributed by atoms with Crippen LogP contribution in [0, 0.1) is 0 Å². The van der Waals surface area contributed by atoms with Gasteiger partial charge >= 0.3 is 0 Å². The first kappa shape index (κ1) is 12.9. The molecule has 0 spiro atoms. The van der Waals surface area contributed by atoms with Crippen LogP contribution in [0.4, 0.5) is 0 Å². The molecule has 1 fully saturated rings. The van der Waals surface area contributed by atoms with Crippen molar-refractivity contribution in [2.45, 2.75) is 37.9 Å². The van der Waals surface area contributed by atoms with Gasteiger partial charge in [-0.3, -0.25) is 0 Å². The molecule has 0 saturated carbocycles. The minimum atomic E-state index is 0.221. The van der Waals surface area contributed by atoms with Gasteiger partial charge < -0.3 is 20.1 Å². The summed E-state index contributed by atoms with van der Waals surface area (Å²) in [6.07, 6.45) is 1.95. The predicted molar refractivity (Wildman–Crippen MR) is 61.0 cm³/mol. The maximum atomic E-state index is 8.94. The monoisotopic (exact) mass is 216 g/mol. The molecular weight excluding hydrogens is 192 g/mol. The fourth-order valence-electron chi connectivity index (χ4n) is 2.22. The number of likely N-dealkylation sites (tertiary alicyclic amines) is 1. The molecule has 15 heavy (non-hydrogen) atoms. The zero-order valence-electron chi connectivity index (χ0n) is 10.1. The highest BCUT2D eigenvalue weighted by molar-refractivity contribution is 4.87. The first-order chi connectivity index (χ1) is 7.17. The number of ether oxygens (including phenoxy) is 1. The van der Waals surface area contributed by atoms with Crippen molar-refractivity contribution in [1.29, 1.82) is 0 Å². The highest BCUT2D eigenvalue weighted by atomic mass is 16.5. The second-order valence-corrected chi connectivity index (χ2v) is 4.55. The normalized spacial score (nSPS) is 29.6. The summed E-state index contributed by atoms with van der Waals surface area (Å²) in [6.45, 7) is 4.24. The van der Waals surface area contributed by atoms with Gasteiger partial charge in [0.2, 0.25) is 0 Å². The smallest absolute Gasteiger partial charge is 0.0616 e. The van der Waals surface area contributed by atoms with Crippen LogP contribution in [-0.2, 0) is 4.74 Å². The lowest BCUT2D eigenvalue weighted by molar-refractivity contribution is 0.143. The Labute approximate surface area is 92.6 Å². The van der Waals surface area contributed by atoms with Gasteiger partial charge in [-0.25, -0.2) is 0 Å². The summed E-state index contributed by atoms with van der Waals surface area (Å²) in [7, 11) is 3.86. The van der Waals surface area contributed by atoms with Crippen LogP contribution >= 0.6 is 0 Å². The van der Waals surface area contributed by atoms with Crippen molar-refractivity contribution in [2.24, 2.45) is 0 Å². The number of rotatable bonds is 6. The van der Waals surface area contributed by atoms with Crippen molar-refractivity contribution in [2.75, 3.05) is 33.9 Å². The van der Waals surface area contributed by atoms with Crippen LogP contribution in [-0.4, -0.2) is 62.0 Å². The molecule has 90 valence electrons. The fraction of sp³-hybridized carbons (Fsp3) is 1.00. The lowest BCUT2D eigenvalue weighted by Gasteiger charge is -2.21. The van der Waals surface area contributed by atoms with Crippen LogP contribution < -0.4 is 5.32 Å². The molecule has 1 aliphatic heterocycles. The molecule has 0 aliphatic carbocycles. The molecule has 2 N–H and O–H groups in total. The third-order valence-corrected chi connectivity index (χ3v) is 3.20. The highest BCUT2D eigenvalue weighted by Crippen LogP contribution is 2.15. The number of nitrogens with one attached hydrogen (secondary N) is 1. The molecule has 0 radical (unpaired) electrons. The van der Waals surface area contributed by atoms with E-state index in [2.05, 4.69) is 24.2 Å². The number of hydrogen-bond acceptors (Lipinski definition) is 4. The maximum Gasteiger partial charge on any atom is 0.0616 e. The lowest BCUT2D eigenvalue weighted by atomic mass is 10.1. The molecule has 4 heteroatoms. The summed E-state index contributed by atoms with van der Waals surface area (Å²) in [5, 5.41) is 12.5. The van der Waals surface area contributed by atoms with Crippen molar-refractivity contribution in [3.63, 3.8) is 0 Å². The maximum absolute atomic E-state index is 8.94. The van der Waals surface area contributed by atoms with Crippen LogP contribution in [0.5, 0.6) is 0 Å². The first-order valence-electron chi connectivity index (χ1n) is 5.73. The van der Waals surface area contributed by atoms with Crippen LogP contribution in [0.15, 0.2) is 0 Å². The molecule has 1 saturated heterocycles. The van der Waals surface area contributed by atoms with Gasteiger partial charge in [-0.15, -0.1) is 0 Å². The Balaban J connectivity index is 2.31. The zero-order chi connectivity index (χ0) is 11.3. The van der Waals surface area contributed by atoms with E-state index in [0.29, 0.717) is 18.7 Å². The fourth-order valence-corrected chi connectivity index (χ4v) is 2.22. The van der Waals surface area contributed by atoms with Crippen LogP contribution in [0.1, 0.15) is 19.8 Å². The predicted octanol–water partition coefficient (Wildman–Crippen LogP) is 0.0660. The summed E-state index contributed by atoms with van der Waals surface area (Å²) in [4.78, 5) is 2.36. The molecule has 4 nitrogen and oxygen atoms in total. The van der Waals surface area contributed by atoms with E-state index in [0.717, 1.165) is 13.0 Å². The van der Waals surface area contributed by atoms with E-state index < -0.39 is 0 Å². The minimum absolute atomic E-state index is 0.221. The van der Waals surface area contributed by atoms with Gasteiger partial charge in [0.05, 0.1) is 6.61 Å². The van der Waals surface area contributed by atoms with Crippen molar-refractivity contribution >= 4 is 0 Å². The SMILES string of the molecule is COCC(CCO)NC1CC(C)N(C)C1. The third-order valence-electron chi connectivity index (χ3n) is 3.20. The standard InChI is InChI=1S/C11H24N2O2/c1-9-6-11(7-13(9)2)12-10(4-5-14)8-15-3/h9-12,14H,4-8H2,1-3H3. The molecule has 0 bridgehead atoms. The molecule has 3 atom stereocenters. The van der Waals surface area contributed by atoms with E-state index in [9.17, 15) is 0 Å². The van der Waals surface area contributed by atoms with Gasteiger partial charge in [-0.1, -0.05) is 0 Å². The van der Waals surface area contributed by atoms with Gasteiger partial charge in [0.1, 0.15) is 0 Å².